The van der Waals surface area contributed by atoms with E-state index in [0.717, 1.165) is 95.1 Å². The molecule has 9 heterocycles. The Morgan fingerprint density at radius 1 is 0.393 bits per heavy atom. The number of aromatic nitrogens is 15. The zero-order chi connectivity index (χ0) is 75.0. The van der Waals surface area contributed by atoms with Crippen molar-refractivity contribution in [3.8, 4) is 68.5 Å². The summed E-state index contributed by atoms with van der Waals surface area (Å²) in [5.74, 6) is -2.34. The first-order valence-corrected chi connectivity index (χ1v) is 36.0. The first-order valence-electron chi connectivity index (χ1n) is 36.0. The van der Waals surface area contributed by atoms with Crippen LogP contribution in [-0.4, -0.2) is 85.7 Å². The number of benzene rings is 3. The van der Waals surface area contributed by atoms with Crippen molar-refractivity contribution in [1.82, 2.24) is 75.4 Å². The van der Waals surface area contributed by atoms with Crippen LogP contribution in [0.25, 0.3) is 68.5 Å². The van der Waals surface area contributed by atoms with Gasteiger partial charge in [-0.1, -0.05) is 87.4 Å². The highest BCUT2D eigenvalue weighted by Gasteiger charge is 2.68. The van der Waals surface area contributed by atoms with Crippen LogP contribution in [0.4, 0.5) is 26.3 Å². The van der Waals surface area contributed by atoms with E-state index in [9.17, 15) is 36.6 Å². The molecule has 26 heteroatoms. The van der Waals surface area contributed by atoms with Crippen LogP contribution < -0.4 is 0 Å². The monoisotopic (exact) mass is 1450 g/mol. The number of oxazole rings is 3. The van der Waals surface area contributed by atoms with Crippen LogP contribution >= 0.6 is 0 Å². The van der Waals surface area contributed by atoms with Crippen LogP contribution in [-0.2, 0) is 16.2 Å². The third-order valence-electron chi connectivity index (χ3n) is 24.3. The van der Waals surface area contributed by atoms with E-state index in [2.05, 4.69) is 116 Å². The first-order chi connectivity index (χ1) is 51.3. The molecule has 20 nitrogen and oxygen atoms in total. The fraction of sp³-hybridized carbons (Fsp3) is 0.370. The topological polar surface area (TPSA) is 273 Å². The number of fused-ring (bicyclic) bond motifs is 15. The van der Waals surface area contributed by atoms with Crippen LogP contribution in [0.2, 0.25) is 0 Å². The Kier molecular flexibility index (Phi) is 17.2. The predicted molar refractivity (Wildman–Crippen MR) is 379 cm³/mol. The summed E-state index contributed by atoms with van der Waals surface area (Å²) in [7, 11) is 0. The van der Waals surface area contributed by atoms with E-state index in [1.54, 1.807) is 61.6 Å². The fourth-order valence-corrected chi connectivity index (χ4v) is 18.5. The molecule has 18 rings (SSSR count). The van der Waals surface area contributed by atoms with E-state index >= 15 is 0 Å². The molecular formula is C81H75F6N15O5. The Labute approximate surface area is 611 Å². The smallest absolute Gasteiger partial charge is 0.247 e. The SMILES string of the molecule is CC(C)c1coc(-c2cncc([C@@]34CC[C@@H](c5cc(-c6c(F)cccc6F)nnc53)C4(C)C)n2)n1.CC[C@@H](O)c1coc(-c2cncc([C@@]34CC[C@@H](c5cc(-c6c(F)cccc6F)nnc53)C4(C)C)n2)n1.CC[C@H](O)c1coc(-c2cncc([C@@]34CC[C@@H](c5cc(-c6c(F)cccc6F)nnc53)C4(C)C)n2)n1. The van der Waals surface area contributed by atoms with Gasteiger partial charge in [-0.05, 0) is 163 Å². The van der Waals surface area contributed by atoms with Crippen molar-refractivity contribution >= 4 is 0 Å². The van der Waals surface area contributed by atoms with Gasteiger partial charge < -0.3 is 23.5 Å². The highest BCUT2D eigenvalue weighted by Crippen LogP contribution is 2.72. The van der Waals surface area contributed by atoms with Gasteiger partial charge in [0, 0.05) is 18.6 Å². The van der Waals surface area contributed by atoms with Crippen LogP contribution in [0.5, 0.6) is 0 Å². The van der Waals surface area contributed by atoms with E-state index in [4.69, 9.17) is 28.2 Å². The van der Waals surface area contributed by atoms with Crippen molar-refractivity contribution in [1.29, 1.82) is 0 Å². The molecular weight excluding hydrogens is 1380 g/mol. The molecule has 3 saturated carbocycles. The minimum Gasteiger partial charge on any atom is -0.443 e. The Hall–Kier alpha value is -10.7. The van der Waals surface area contributed by atoms with Gasteiger partial charge in [0.1, 0.15) is 82.2 Å². The Morgan fingerprint density at radius 2 is 0.673 bits per heavy atom. The normalized spacial score (nSPS) is 22.4. The third kappa shape index (κ3) is 10.7. The summed E-state index contributed by atoms with van der Waals surface area (Å²) < 4.78 is 104. The zero-order valence-corrected chi connectivity index (χ0v) is 60.3. The van der Waals surface area contributed by atoms with Crippen LogP contribution in [0, 0.1) is 51.1 Å². The molecule has 0 unspecified atom stereocenters. The van der Waals surface area contributed by atoms with Gasteiger partial charge in [-0.2, -0.15) is 15.3 Å². The summed E-state index contributed by atoms with van der Waals surface area (Å²) in [5.41, 5.74) is 8.26. The largest absolute Gasteiger partial charge is 0.443 e. The highest BCUT2D eigenvalue weighted by molar-refractivity contribution is 5.68. The maximum atomic E-state index is 14.5. The lowest BCUT2D eigenvalue weighted by molar-refractivity contribution is 0.168. The van der Waals surface area contributed by atoms with Crippen molar-refractivity contribution in [2.24, 2.45) is 16.2 Å². The average Bonchev–Trinajstić information content (AvgIpc) is 1.53. The molecule has 6 aliphatic carbocycles. The van der Waals surface area contributed by atoms with E-state index < -0.39 is 63.4 Å². The number of nitrogens with zero attached hydrogens (tertiary/aromatic N) is 15. The maximum Gasteiger partial charge on any atom is 0.247 e. The molecule has 8 atom stereocenters. The lowest BCUT2D eigenvalue weighted by Gasteiger charge is -2.37. The second-order valence-electron chi connectivity index (χ2n) is 30.6. The molecule has 0 radical (unpaired) electrons. The van der Waals surface area contributed by atoms with Crippen LogP contribution in [0.15, 0.2) is 142 Å². The molecule has 2 N–H and O–H groups in total. The molecule has 3 fully saturated rings. The van der Waals surface area contributed by atoms with E-state index in [0.29, 0.717) is 47.2 Å². The van der Waals surface area contributed by atoms with Crippen LogP contribution in [0.1, 0.15) is 224 Å². The minimum absolute atomic E-state index is 0.120. The number of halogens is 6. The molecule has 6 bridgehead atoms. The standard InChI is InChI=1S/2C27H25F2N5O2.C27H25F2N5O/c2*1-4-21(35)20-13-36-25(32-20)19-11-30-12-22(31-19)27-9-8-15(26(27,2)3)14-10-18(33-34-24(14)27)23-16(28)6-5-7-17(23)29;1-14(2)21-13-35-25(32-21)20-11-30-12-22(31-20)27-9-8-16(26(27,3)4)15-10-19(33-34-24(15)27)23-17(28)6-5-7-18(23)29/h2*5-7,10-13,15,21,35H,4,8-9H2,1-3H3;5-7,10-14,16H,8-9H2,1-4H3/t15-,21+,27-;15-,21-,27-;16-,27-/m000/s1. The van der Waals surface area contributed by atoms with E-state index in [1.807, 2.05) is 13.8 Å². The summed E-state index contributed by atoms with van der Waals surface area (Å²) in [4.78, 5) is 41.5. The molecule has 0 saturated heterocycles. The summed E-state index contributed by atoms with van der Waals surface area (Å²) >= 11 is 0. The second-order valence-corrected chi connectivity index (χ2v) is 30.6. The predicted octanol–water partition coefficient (Wildman–Crippen LogP) is 17.2. The van der Waals surface area contributed by atoms with Gasteiger partial charge in [-0.15, -0.1) is 15.3 Å². The Morgan fingerprint density at radius 3 is 0.944 bits per heavy atom. The zero-order valence-electron chi connectivity index (χ0n) is 60.3. The van der Waals surface area contributed by atoms with E-state index in [1.165, 1.54) is 67.1 Å². The molecule has 107 heavy (non-hydrogen) atoms. The van der Waals surface area contributed by atoms with Crippen LogP contribution in [0.3, 0.4) is 0 Å². The van der Waals surface area contributed by atoms with Crippen molar-refractivity contribution in [2.75, 3.05) is 0 Å². The molecule has 0 amide bonds. The summed E-state index contributed by atoms with van der Waals surface area (Å²) in [6, 6.07) is 16.7. The molecule has 546 valence electrons. The fourth-order valence-electron chi connectivity index (χ4n) is 18.5. The van der Waals surface area contributed by atoms with Gasteiger partial charge in [-0.25, -0.2) is 56.2 Å². The molecule has 9 aromatic heterocycles. The van der Waals surface area contributed by atoms with Gasteiger partial charge in [0.25, 0.3) is 0 Å². The number of hydrogen-bond donors (Lipinski definition) is 2. The van der Waals surface area contributed by atoms with Crippen molar-refractivity contribution in [3.63, 3.8) is 0 Å². The highest BCUT2D eigenvalue weighted by atomic mass is 19.2. The summed E-state index contributed by atoms with van der Waals surface area (Å²) in [6.45, 7) is 20.9. The third-order valence-corrected chi connectivity index (χ3v) is 24.3. The van der Waals surface area contributed by atoms with E-state index in [-0.39, 0.29) is 85.5 Å². The van der Waals surface area contributed by atoms with Crippen molar-refractivity contribution < 1.29 is 49.8 Å². The minimum atomic E-state index is -0.711. The lowest BCUT2D eigenvalue weighted by atomic mass is 9.66. The van der Waals surface area contributed by atoms with Gasteiger partial charge in [0.15, 0.2) is 0 Å². The maximum absolute atomic E-state index is 14.5. The quantitative estimate of drug-likeness (QED) is 0.0957. The number of hydrogen-bond acceptors (Lipinski definition) is 20. The Balaban J connectivity index is 0.000000123. The molecule has 3 aromatic carbocycles. The number of aliphatic hydroxyl groups is 2. The Bertz CT molecular complexity index is 5210. The lowest BCUT2D eigenvalue weighted by Crippen LogP contribution is -2.38. The summed E-state index contributed by atoms with van der Waals surface area (Å²) in [5, 5.41) is 46.7. The molecule has 6 aliphatic rings. The van der Waals surface area contributed by atoms with Gasteiger partial charge in [0.2, 0.25) is 17.7 Å². The molecule has 12 aromatic rings. The number of rotatable bonds is 14. The van der Waals surface area contributed by atoms with Crippen molar-refractivity contribution in [2.45, 2.75) is 173 Å². The molecule has 0 aliphatic heterocycles. The first kappa shape index (κ1) is 70.6. The summed E-state index contributed by atoms with van der Waals surface area (Å²) in [6.07, 6.45) is 19.3. The van der Waals surface area contributed by atoms with Gasteiger partial charge in [-0.3, -0.25) is 15.0 Å². The second kappa shape index (κ2) is 26.1. The van der Waals surface area contributed by atoms with Gasteiger partial charge in [0.05, 0.1) is 121 Å². The van der Waals surface area contributed by atoms with Gasteiger partial charge >= 0.3 is 0 Å². The number of aliphatic hydroxyl groups excluding tert-OH is 2. The molecule has 0 spiro atoms. The van der Waals surface area contributed by atoms with Crippen molar-refractivity contribution in [3.05, 3.63) is 232 Å². The average molecular weight is 1450 g/mol.